The van der Waals surface area contributed by atoms with Crippen molar-refractivity contribution in [2.24, 2.45) is 5.73 Å². The van der Waals surface area contributed by atoms with E-state index in [4.69, 9.17) is 5.73 Å². The van der Waals surface area contributed by atoms with E-state index in [0.717, 1.165) is 31.6 Å². The Labute approximate surface area is 109 Å². The van der Waals surface area contributed by atoms with Crippen LogP contribution < -0.4 is 16.2 Å². The molecule has 0 saturated carbocycles. The van der Waals surface area contributed by atoms with Crippen LogP contribution in [-0.4, -0.2) is 28.9 Å². The van der Waals surface area contributed by atoms with Crippen LogP contribution in [0.25, 0.3) is 0 Å². The Hall–Kier alpha value is -1.36. The van der Waals surface area contributed by atoms with E-state index >= 15 is 0 Å². The maximum absolute atomic E-state index is 11.9. The van der Waals surface area contributed by atoms with Crippen molar-refractivity contribution in [3.8, 4) is 0 Å². The summed E-state index contributed by atoms with van der Waals surface area (Å²) < 4.78 is 1.51. The van der Waals surface area contributed by atoms with Crippen molar-refractivity contribution in [1.29, 1.82) is 0 Å². The lowest BCUT2D eigenvalue weighted by Crippen LogP contribution is -2.28. The first-order chi connectivity index (χ1) is 8.58. The monoisotopic (exact) mass is 252 g/mol. The van der Waals surface area contributed by atoms with Gasteiger partial charge in [0, 0.05) is 31.7 Å². The zero-order valence-electron chi connectivity index (χ0n) is 11.6. The Morgan fingerprint density at radius 2 is 2.11 bits per heavy atom. The lowest BCUT2D eigenvalue weighted by molar-refractivity contribution is 0.505. The van der Waals surface area contributed by atoms with Crippen LogP contribution in [0.3, 0.4) is 0 Å². The predicted molar refractivity (Wildman–Crippen MR) is 74.9 cm³/mol. The number of rotatable bonds is 7. The first kappa shape index (κ1) is 14.7. The molecule has 1 heterocycles. The molecule has 0 aliphatic rings. The van der Waals surface area contributed by atoms with Gasteiger partial charge < -0.3 is 10.6 Å². The Morgan fingerprint density at radius 3 is 2.61 bits per heavy atom. The highest BCUT2D eigenvalue weighted by Crippen LogP contribution is 2.08. The fourth-order valence-corrected chi connectivity index (χ4v) is 1.92. The smallest absolute Gasteiger partial charge is 0.268 e. The van der Waals surface area contributed by atoms with Crippen molar-refractivity contribution in [2.75, 3.05) is 18.0 Å². The van der Waals surface area contributed by atoms with Crippen LogP contribution >= 0.6 is 0 Å². The highest BCUT2D eigenvalue weighted by Gasteiger charge is 2.05. The van der Waals surface area contributed by atoms with E-state index in [1.54, 1.807) is 12.3 Å². The first-order valence-corrected chi connectivity index (χ1v) is 6.66. The molecular formula is C13H24N4O. The van der Waals surface area contributed by atoms with E-state index in [2.05, 4.69) is 23.8 Å². The molecule has 0 radical (unpaired) electrons. The van der Waals surface area contributed by atoms with E-state index < -0.39 is 0 Å². The summed E-state index contributed by atoms with van der Waals surface area (Å²) in [4.78, 5) is 14.0. The third-order valence-electron chi connectivity index (χ3n) is 3.01. The van der Waals surface area contributed by atoms with E-state index in [0.29, 0.717) is 6.54 Å². The van der Waals surface area contributed by atoms with E-state index in [-0.39, 0.29) is 11.6 Å². The fourth-order valence-electron chi connectivity index (χ4n) is 1.92. The number of hydrogen-bond acceptors (Lipinski definition) is 4. The molecule has 0 fully saturated rings. The minimum Gasteiger partial charge on any atom is -0.371 e. The minimum atomic E-state index is -0.0379. The van der Waals surface area contributed by atoms with Gasteiger partial charge in [-0.1, -0.05) is 0 Å². The van der Waals surface area contributed by atoms with Crippen LogP contribution in [-0.2, 0) is 6.54 Å². The third kappa shape index (κ3) is 4.14. The Kier molecular flexibility index (Phi) is 5.85. The quantitative estimate of drug-likeness (QED) is 0.792. The van der Waals surface area contributed by atoms with Gasteiger partial charge in [0.2, 0.25) is 0 Å². The van der Waals surface area contributed by atoms with E-state index in [1.165, 1.54) is 4.68 Å². The molecule has 18 heavy (non-hydrogen) atoms. The first-order valence-electron chi connectivity index (χ1n) is 6.66. The topological polar surface area (TPSA) is 64.2 Å². The molecule has 0 bridgehead atoms. The molecular weight excluding hydrogens is 228 g/mol. The molecule has 2 N–H and O–H groups in total. The van der Waals surface area contributed by atoms with Crippen LogP contribution in [0, 0.1) is 0 Å². The maximum atomic E-state index is 11.9. The second-order valence-electron chi connectivity index (χ2n) is 4.57. The second kappa shape index (κ2) is 7.16. The van der Waals surface area contributed by atoms with Gasteiger partial charge >= 0.3 is 0 Å². The highest BCUT2D eigenvalue weighted by atomic mass is 16.1. The second-order valence-corrected chi connectivity index (χ2v) is 4.57. The average molecular weight is 252 g/mol. The molecule has 0 saturated heterocycles. The normalized spacial score (nSPS) is 12.4. The summed E-state index contributed by atoms with van der Waals surface area (Å²) >= 11 is 0. The lowest BCUT2D eigenvalue weighted by atomic mass is 10.2. The fraction of sp³-hybridized carbons (Fsp3) is 0.692. The van der Waals surface area contributed by atoms with Crippen molar-refractivity contribution in [1.82, 2.24) is 9.78 Å². The molecule has 0 aliphatic carbocycles. The number of anilines is 1. The number of hydrogen-bond donors (Lipinski definition) is 1. The Morgan fingerprint density at radius 1 is 1.44 bits per heavy atom. The number of nitrogens with two attached hydrogens (primary N) is 1. The number of aryl methyl sites for hydroxylation is 1. The summed E-state index contributed by atoms with van der Waals surface area (Å²) in [6, 6.07) is 1.84. The van der Waals surface area contributed by atoms with Crippen LogP contribution in [0.2, 0.25) is 0 Å². The number of nitrogens with zero attached hydrogens (tertiary/aromatic N) is 3. The van der Waals surface area contributed by atoms with Gasteiger partial charge in [-0.3, -0.25) is 4.79 Å². The third-order valence-corrected chi connectivity index (χ3v) is 3.01. The Bertz CT molecular complexity index is 410. The zero-order chi connectivity index (χ0) is 13.5. The van der Waals surface area contributed by atoms with Crippen molar-refractivity contribution in [2.45, 2.75) is 46.2 Å². The van der Waals surface area contributed by atoms with Gasteiger partial charge in [0.1, 0.15) is 0 Å². The van der Waals surface area contributed by atoms with Crippen molar-refractivity contribution in [3.63, 3.8) is 0 Å². The lowest BCUT2D eigenvalue weighted by Gasteiger charge is -2.20. The van der Waals surface area contributed by atoms with Gasteiger partial charge in [-0.05, 0) is 33.6 Å². The molecule has 5 nitrogen and oxygen atoms in total. The summed E-state index contributed by atoms with van der Waals surface area (Å²) in [7, 11) is 0. The van der Waals surface area contributed by atoms with Crippen molar-refractivity contribution >= 4 is 5.69 Å². The van der Waals surface area contributed by atoms with Crippen LogP contribution in [0.5, 0.6) is 0 Å². The van der Waals surface area contributed by atoms with Crippen LogP contribution in [0.4, 0.5) is 5.69 Å². The standard InChI is InChI=1S/C13H24N4O/c1-4-16(5-2)12-9-13(18)17(15-10-12)8-6-7-11(3)14/h9-11H,4-8,14H2,1-3H3. The maximum Gasteiger partial charge on any atom is 0.268 e. The van der Waals surface area contributed by atoms with Gasteiger partial charge in [-0.15, -0.1) is 0 Å². The summed E-state index contributed by atoms with van der Waals surface area (Å²) in [6.45, 7) is 8.51. The molecule has 0 aromatic carbocycles. The summed E-state index contributed by atoms with van der Waals surface area (Å²) in [5, 5.41) is 4.21. The molecule has 102 valence electrons. The molecule has 0 aliphatic heterocycles. The average Bonchev–Trinajstić information content (AvgIpc) is 2.33. The van der Waals surface area contributed by atoms with Gasteiger partial charge in [0.15, 0.2) is 0 Å². The predicted octanol–water partition coefficient (Wildman–Crippen LogP) is 1.22. The van der Waals surface area contributed by atoms with Crippen molar-refractivity contribution < 1.29 is 0 Å². The Balaban J connectivity index is 2.70. The van der Waals surface area contributed by atoms with Crippen LogP contribution in [0.15, 0.2) is 17.1 Å². The molecule has 1 aromatic rings. The largest absolute Gasteiger partial charge is 0.371 e. The van der Waals surface area contributed by atoms with Gasteiger partial charge in [-0.2, -0.15) is 5.10 Å². The van der Waals surface area contributed by atoms with E-state index in [1.807, 2.05) is 6.92 Å². The van der Waals surface area contributed by atoms with Gasteiger partial charge in [-0.25, -0.2) is 4.68 Å². The molecule has 1 unspecified atom stereocenters. The highest BCUT2D eigenvalue weighted by molar-refractivity contribution is 5.42. The molecule has 1 rings (SSSR count). The number of aromatic nitrogens is 2. The summed E-state index contributed by atoms with van der Waals surface area (Å²) in [6.07, 6.45) is 3.56. The van der Waals surface area contributed by atoms with E-state index in [9.17, 15) is 4.79 Å². The van der Waals surface area contributed by atoms with Crippen molar-refractivity contribution in [3.05, 3.63) is 22.6 Å². The molecule has 1 atom stereocenters. The van der Waals surface area contributed by atoms with Crippen LogP contribution in [0.1, 0.15) is 33.6 Å². The molecule has 1 aromatic heterocycles. The van der Waals surface area contributed by atoms with Gasteiger partial charge in [0.25, 0.3) is 5.56 Å². The molecule has 5 heteroatoms. The summed E-state index contributed by atoms with van der Waals surface area (Å²) in [5.41, 5.74) is 6.54. The molecule has 0 amide bonds. The summed E-state index contributed by atoms with van der Waals surface area (Å²) in [5.74, 6) is 0. The SMILES string of the molecule is CCN(CC)c1cnn(CCCC(C)N)c(=O)c1. The minimum absolute atomic E-state index is 0.0379. The zero-order valence-corrected chi connectivity index (χ0v) is 11.6. The van der Waals surface area contributed by atoms with Gasteiger partial charge in [0.05, 0.1) is 11.9 Å². The molecule has 0 spiro atoms.